The SMILES string of the molecule is Cc1sc(=S)[nH]c1CC(=O)O.[H-].[H-].[Na+].[Na+]. The second kappa shape index (κ2) is 7.59. The number of aromatic amines is 1. The first-order valence-corrected chi connectivity index (χ1v) is 4.22. The van der Waals surface area contributed by atoms with E-state index in [0.717, 1.165) is 4.88 Å². The number of nitrogens with one attached hydrogen (secondary N) is 1. The normalized spacial score (nSPS) is 8.38. The number of H-pyrrole nitrogens is 1. The van der Waals surface area contributed by atoms with E-state index in [2.05, 4.69) is 4.98 Å². The molecule has 1 aromatic heterocycles. The number of aromatic nitrogens is 1. The number of rotatable bonds is 2. The first-order valence-electron chi connectivity index (χ1n) is 3.00. The summed E-state index contributed by atoms with van der Waals surface area (Å²) in [5.41, 5.74) is 0.715. The Kier molecular flexibility index (Phi) is 9.77. The van der Waals surface area contributed by atoms with Crippen molar-refractivity contribution < 1.29 is 71.9 Å². The number of aliphatic carboxylic acids is 1. The second-order valence-electron chi connectivity index (χ2n) is 2.12. The van der Waals surface area contributed by atoms with E-state index in [1.165, 1.54) is 11.3 Å². The van der Waals surface area contributed by atoms with Crippen LogP contribution in [-0.2, 0) is 11.2 Å². The van der Waals surface area contributed by atoms with Gasteiger partial charge >= 0.3 is 65.1 Å². The summed E-state index contributed by atoms with van der Waals surface area (Å²) in [5.74, 6) is -0.836. The van der Waals surface area contributed by atoms with Crippen LogP contribution in [0.5, 0.6) is 0 Å². The Morgan fingerprint density at radius 3 is 2.54 bits per heavy atom. The van der Waals surface area contributed by atoms with Crippen LogP contribution in [0, 0.1) is 10.9 Å². The maximum absolute atomic E-state index is 10.3. The summed E-state index contributed by atoms with van der Waals surface area (Å²) < 4.78 is 0.638. The molecular formula is C6H9NNa2O2S2. The van der Waals surface area contributed by atoms with Gasteiger partial charge in [-0.1, -0.05) is 0 Å². The minimum absolute atomic E-state index is 0. The van der Waals surface area contributed by atoms with E-state index in [9.17, 15) is 4.79 Å². The van der Waals surface area contributed by atoms with Gasteiger partial charge in [-0.3, -0.25) is 4.79 Å². The van der Waals surface area contributed by atoms with E-state index in [4.69, 9.17) is 17.3 Å². The fourth-order valence-corrected chi connectivity index (χ4v) is 1.95. The molecule has 1 heterocycles. The third-order valence-corrected chi connectivity index (χ3v) is 2.44. The zero-order valence-electron chi connectivity index (χ0n) is 9.88. The number of hydrogen-bond donors (Lipinski definition) is 2. The van der Waals surface area contributed by atoms with Crippen molar-refractivity contribution in [3.8, 4) is 0 Å². The van der Waals surface area contributed by atoms with Crippen LogP contribution in [-0.4, -0.2) is 16.1 Å². The molecule has 0 radical (unpaired) electrons. The van der Waals surface area contributed by atoms with E-state index >= 15 is 0 Å². The van der Waals surface area contributed by atoms with Crippen molar-refractivity contribution in [1.29, 1.82) is 0 Å². The molecular weight excluding hydrogens is 228 g/mol. The van der Waals surface area contributed by atoms with E-state index in [1.807, 2.05) is 6.92 Å². The quantitative estimate of drug-likeness (QED) is 0.407. The zero-order chi connectivity index (χ0) is 8.43. The molecule has 0 fully saturated rings. The topological polar surface area (TPSA) is 53.1 Å². The van der Waals surface area contributed by atoms with Crippen LogP contribution in [0.3, 0.4) is 0 Å². The van der Waals surface area contributed by atoms with Crippen LogP contribution in [0.25, 0.3) is 0 Å². The van der Waals surface area contributed by atoms with Crippen LogP contribution in [0.2, 0.25) is 0 Å². The zero-order valence-corrected chi connectivity index (χ0v) is 13.5. The van der Waals surface area contributed by atoms with Crippen molar-refractivity contribution in [2.75, 3.05) is 0 Å². The number of thiazole rings is 1. The number of carbonyl (C=O) groups is 1. The Labute approximate surface area is 132 Å². The van der Waals surface area contributed by atoms with Gasteiger partial charge in [0, 0.05) is 10.6 Å². The molecule has 0 saturated heterocycles. The van der Waals surface area contributed by atoms with Crippen molar-refractivity contribution in [2.24, 2.45) is 0 Å². The average Bonchev–Trinajstić information content (AvgIpc) is 2.09. The molecule has 3 nitrogen and oxygen atoms in total. The third kappa shape index (κ3) is 5.69. The van der Waals surface area contributed by atoms with Gasteiger partial charge in [0.2, 0.25) is 0 Å². The molecule has 0 amide bonds. The molecule has 13 heavy (non-hydrogen) atoms. The summed E-state index contributed by atoms with van der Waals surface area (Å²) in [5, 5.41) is 8.45. The van der Waals surface area contributed by atoms with Gasteiger partial charge in [-0.15, -0.1) is 11.3 Å². The Morgan fingerprint density at radius 1 is 1.69 bits per heavy atom. The van der Waals surface area contributed by atoms with E-state index < -0.39 is 5.97 Å². The van der Waals surface area contributed by atoms with Crippen LogP contribution < -0.4 is 59.1 Å². The molecule has 0 unspecified atom stereocenters. The number of carboxylic acid groups (broad SMARTS) is 1. The predicted molar refractivity (Wildman–Crippen MR) is 47.8 cm³/mol. The Hall–Kier alpha value is 1.32. The fraction of sp³-hybridized carbons (Fsp3) is 0.333. The molecule has 0 aliphatic rings. The molecule has 0 aliphatic heterocycles. The van der Waals surface area contributed by atoms with E-state index in [1.54, 1.807) is 0 Å². The number of aryl methyl sites for hydroxylation is 1. The van der Waals surface area contributed by atoms with E-state index in [-0.39, 0.29) is 68.4 Å². The molecule has 2 N–H and O–H groups in total. The van der Waals surface area contributed by atoms with Crippen LogP contribution in [0.15, 0.2) is 0 Å². The molecule has 0 bridgehead atoms. The Morgan fingerprint density at radius 2 is 2.23 bits per heavy atom. The molecule has 0 spiro atoms. The Bertz CT molecular complexity index is 342. The molecule has 1 rings (SSSR count). The molecule has 0 atom stereocenters. The summed E-state index contributed by atoms with van der Waals surface area (Å²) in [6.45, 7) is 1.86. The molecule has 0 aliphatic carbocycles. The van der Waals surface area contributed by atoms with Gasteiger partial charge in [0.1, 0.15) is 0 Å². The average molecular weight is 237 g/mol. The summed E-state index contributed by atoms with van der Waals surface area (Å²) >= 11 is 6.25. The summed E-state index contributed by atoms with van der Waals surface area (Å²) in [6.07, 6.45) is 0.0268. The fourth-order valence-electron chi connectivity index (χ4n) is 0.757. The molecule has 0 saturated carbocycles. The smallest absolute Gasteiger partial charge is 1.00 e. The van der Waals surface area contributed by atoms with Crippen LogP contribution >= 0.6 is 23.6 Å². The van der Waals surface area contributed by atoms with Crippen molar-refractivity contribution >= 4 is 29.5 Å². The van der Waals surface area contributed by atoms with Crippen molar-refractivity contribution in [3.05, 3.63) is 14.5 Å². The summed E-state index contributed by atoms with van der Waals surface area (Å²) in [4.78, 5) is 14.1. The maximum Gasteiger partial charge on any atom is 1.00 e. The summed E-state index contributed by atoms with van der Waals surface area (Å²) in [6, 6.07) is 0. The molecule has 1 aromatic rings. The third-order valence-electron chi connectivity index (χ3n) is 1.25. The van der Waals surface area contributed by atoms with Gasteiger partial charge in [-0.25, -0.2) is 0 Å². The van der Waals surface area contributed by atoms with Crippen molar-refractivity contribution in [1.82, 2.24) is 4.98 Å². The van der Waals surface area contributed by atoms with Gasteiger partial charge in [0.15, 0.2) is 3.95 Å². The Balaban J connectivity index is -0.000000151. The standard InChI is InChI=1S/C6H7NO2S2.2Na.2H/c1-3-4(2-5(8)9)7-6(10)11-3;;;;/h2H2,1H3,(H,7,10)(H,8,9);;;;/q;2*+1;2*-1. The largest absolute Gasteiger partial charge is 1.00 e. The van der Waals surface area contributed by atoms with Gasteiger partial charge in [-0.05, 0) is 19.1 Å². The first-order chi connectivity index (χ1) is 5.09. The maximum atomic E-state index is 10.3. The van der Waals surface area contributed by atoms with Gasteiger partial charge < -0.3 is 12.9 Å². The van der Waals surface area contributed by atoms with Gasteiger partial charge in [-0.2, -0.15) is 0 Å². The molecule has 0 aromatic carbocycles. The van der Waals surface area contributed by atoms with Crippen LogP contribution in [0.4, 0.5) is 0 Å². The minimum atomic E-state index is -0.836. The number of hydrogen-bond acceptors (Lipinski definition) is 3. The molecule has 64 valence electrons. The number of carboxylic acids is 1. The van der Waals surface area contributed by atoms with Gasteiger partial charge in [0.05, 0.1) is 6.42 Å². The first kappa shape index (κ1) is 16.7. The van der Waals surface area contributed by atoms with Crippen molar-refractivity contribution in [2.45, 2.75) is 13.3 Å². The molecule has 7 heteroatoms. The van der Waals surface area contributed by atoms with Crippen LogP contribution in [0.1, 0.15) is 13.4 Å². The van der Waals surface area contributed by atoms with Crippen molar-refractivity contribution in [3.63, 3.8) is 0 Å². The predicted octanol–water partition coefficient (Wildman–Crippen LogP) is -4.03. The minimum Gasteiger partial charge on any atom is -1.00 e. The second-order valence-corrected chi connectivity index (χ2v) is 4.01. The summed E-state index contributed by atoms with van der Waals surface area (Å²) in [7, 11) is 0. The van der Waals surface area contributed by atoms with Gasteiger partial charge in [0.25, 0.3) is 0 Å². The monoisotopic (exact) mass is 237 g/mol. The van der Waals surface area contributed by atoms with E-state index in [0.29, 0.717) is 9.65 Å².